The zero-order valence-corrected chi connectivity index (χ0v) is 9.37. The maximum Gasteiger partial charge on any atom is 0.234 e. The molecule has 2 N–H and O–H groups in total. The van der Waals surface area contributed by atoms with Crippen molar-refractivity contribution in [3.63, 3.8) is 0 Å². The minimum Gasteiger partial charge on any atom is -0.368 e. The van der Waals surface area contributed by atoms with E-state index >= 15 is 0 Å². The van der Waals surface area contributed by atoms with Crippen LogP contribution < -0.4 is 5.73 Å². The molecule has 0 aromatic heterocycles. The minimum absolute atomic E-state index is 0.127. The maximum atomic E-state index is 11.1. The van der Waals surface area contributed by atoms with Crippen molar-refractivity contribution in [1.82, 2.24) is 4.90 Å². The van der Waals surface area contributed by atoms with Crippen LogP contribution in [-0.2, 0) is 4.79 Å². The van der Waals surface area contributed by atoms with Gasteiger partial charge in [0, 0.05) is 6.04 Å². The third-order valence-electron chi connectivity index (χ3n) is 2.81. The van der Waals surface area contributed by atoms with Crippen LogP contribution in [0.15, 0.2) is 0 Å². The second-order valence-corrected chi connectivity index (χ2v) is 3.98. The Morgan fingerprint density at radius 3 is 2.08 bits per heavy atom. The molecule has 1 amide bonds. The van der Waals surface area contributed by atoms with E-state index in [4.69, 9.17) is 5.73 Å². The summed E-state index contributed by atoms with van der Waals surface area (Å²) in [4.78, 5) is 13.1. The summed E-state index contributed by atoms with van der Waals surface area (Å²) in [7, 11) is 1.96. The summed E-state index contributed by atoms with van der Waals surface area (Å²) in [5.74, 6) is 0.316. The Bertz CT molecular complexity index is 168. The van der Waals surface area contributed by atoms with Crippen molar-refractivity contribution < 1.29 is 4.79 Å². The van der Waals surface area contributed by atoms with Gasteiger partial charge < -0.3 is 5.73 Å². The molecule has 78 valence electrons. The number of hydrogen-bond acceptors (Lipinski definition) is 2. The van der Waals surface area contributed by atoms with Gasteiger partial charge in [-0.3, -0.25) is 9.69 Å². The fourth-order valence-electron chi connectivity index (χ4n) is 1.44. The van der Waals surface area contributed by atoms with E-state index in [0.717, 1.165) is 6.42 Å². The molecule has 0 bridgehead atoms. The van der Waals surface area contributed by atoms with Gasteiger partial charge in [-0.1, -0.05) is 20.8 Å². The second-order valence-electron chi connectivity index (χ2n) is 3.98. The molecule has 3 nitrogen and oxygen atoms in total. The fraction of sp³-hybridized carbons (Fsp3) is 0.900. The Hall–Kier alpha value is -0.570. The van der Waals surface area contributed by atoms with Gasteiger partial charge in [0.2, 0.25) is 5.91 Å². The van der Waals surface area contributed by atoms with Crippen LogP contribution in [0.4, 0.5) is 0 Å². The van der Waals surface area contributed by atoms with Crippen molar-refractivity contribution in [2.24, 2.45) is 11.7 Å². The van der Waals surface area contributed by atoms with Gasteiger partial charge in [0.15, 0.2) is 0 Å². The van der Waals surface area contributed by atoms with Crippen LogP contribution >= 0.6 is 0 Å². The highest BCUT2D eigenvalue weighted by atomic mass is 16.1. The molecule has 0 aromatic carbocycles. The van der Waals surface area contributed by atoms with Gasteiger partial charge in [-0.05, 0) is 26.3 Å². The lowest BCUT2D eigenvalue weighted by Gasteiger charge is -2.32. The molecule has 0 heterocycles. The Kier molecular flexibility index (Phi) is 4.99. The van der Waals surface area contributed by atoms with Gasteiger partial charge in [-0.2, -0.15) is 0 Å². The van der Waals surface area contributed by atoms with Crippen molar-refractivity contribution in [2.45, 2.75) is 46.2 Å². The average molecular weight is 186 g/mol. The van der Waals surface area contributed by atoms with Crippen molar-refractivity contribution >= 4 is 5.91 Å². The minimum atomic E-state index is -0.225. The van der Waals surface area contributed by atoms with E-state index < -0.39 is 0 Å². The molecule has 0 aliphatic rings. The smallest absolute Gasteiger partial charge is 0.234 e. The first-order valence-corrected chi connectivity index (χ1v) is 4.93. The van der Waals surface area contributed by atoms with Crippen LogP contribution in [-0.4, -0.2) is 29.9 Å². The third kappa shape index (κ3) is 3.35. The lowest BCUT2D eigenvalue weighted by atomic mass is 10.0. The molecule has 13 heavy (non-hydrogen) atoms. The van der Waals surface area contributed by atoms with Gasteiger partial charge in [-0.15, -0.1) is 0 Å². The molecule has 0 saturated carbocycles. The number of carbonyl (C=O) groups excluding carboxylic acids is 1. The SMILES string of the molecule is CCC(C(N)=O)N(C)C(C)C(C)C. The largest absolute Gasteiger partial charge is 0.368 e. The van der Waals surface area contributed by atoms with Crippen LogP contribution in [0.5, 0.6) is 0 Å². The molecule has 2 unspecified atom stereocenters. The van der Waals surface area contributed by atoms with Crippen LogP contribution in [0.2, 0.25) is 0 Å². The molecule has 3 heteroatoms. The standard InChI is InChI=1S/C10H22N2O/c1-6-9(10(11)13)12(5)8(4)7(2)3/h7-9H,6H2,1-5H3,(H2,11,13). The highest BCUT2D eigenvalue weighted by Gasteiger charge is 2.24. The Morgan fingerprint density at radius 2 is 1.85 bits per heavy atom. The van der Waals surface area contributed by atoms with Crippen LogP contribution in [0.25, 0.3) is 0 Å². The first-order valence-electron chi connectivity index (χ1n) is 4.93. The molecular weight excluding hydrogens is 164 g/mol. The first kappa shape index (κ1) is 12.4. The Labute approximate surface area is 81.3 Å². The number of amides is 1. The Balaban J connectivity index is 4.36. The molecule has 0 spiro atoms. The zero-order chi connectivity index (χ0) is 10.6. The van der Waals surface area contributed by atoms with Crippen LogP contribution in [0, 0.1) is 5.92 Å². The summed E-state index contributed by atoms with van der Waals surface area (Å²) in [6, 6.07) is 0.259. The predicted molar refractivity (Wildman–Crippen MR) is 55.3 cm³/mol. The lowest BCUT2D eigenvalue weighted by molar-refractivity contribution is -0.123. The number of primary amides is 1. The van der Waals surface area contributed by atoms with Crippen molar-refractivity contribution in [2.75, 3.05) is 7.05 Å². The normalized spacial score (nSPS) is 16.2. The summed E-state index contributed by atoms with van der Waals surface area (Å²) in [6.07, 6.45) is 0.781. The third-order valence-corrected chi connectivity index (χ3v) is 2.81. The first-order chi connectivity index (χ1) is 5.91. The van der Waals surface area contributed by atoms with Gasteiger partial charge in [0.25, 0.3) is 0 Å². The Morgan fingerprint density at radius 1 is 1.38 bits per heavy atom. The van der Waals surface area contributed by atoms with E-state index in [2.05, 4.69) is 25.7 Å². The van der Waals surface area contributed by atoms with E-state index in [9.17, 15) is 4.79 Å². The quantitative estimate of drug-likeness (QED) is 0.702. The average Bonchev–Trinajstić information content (AvgIpc) is 2.03. The summed E-state index contributed by atoms with van der Waals surface area (Å²) >= 11 is 0. The molecule has 0 aliphatic carbocycles. The molecule has 0 radical (unpaired) electrons. The van der Waals surface area contributed by atoms with Crippen molar-refractivity contribution in [3.05, 3.63) is 0 Å². The molecule has 0 aromatic rings. The van der Waals surface area contributed by atoms with Gasteiger partial charge in [0.1, 0.15) is 0 Å². The molecule has 0 saturated heterocycles. The van der Waals surface area contributed by atoms with Gasteiger partial charge in [0.05, 0.1) is 6.04 Å². The highest BCUT2D eigenvalue weighted by Crippen LogP contribution is 2.12. The van der Waals surface area contributed by atoms with Crippen molar-refractivity contribution in [3.8, 4) is 0 Å². The number of nitrogens with zero attached hydrogens (tertiary/aromatic N) is 1. The summed E-state index contributed by atoms with van der Waals surface area (Å²) in [5, 5.41) is 0. The number of hydrogen-bond donors (Lipinski definition) is 1. The molecule has 0 fully saturated rings. The molecular formula is C10H22N2O. The number of carbonyl (C=O) groups is 1. The van der Waals surface area contributed by atoms with Crippen molar-refractivity contribution in [1.29, 1.82) is 0 Å². The van der Waals surface area contributed by atoms with E-state index in [0.29, 0.717) is 12.0 Å². The van der Waals surface area contributed by atoms with E-state index in [1.165, 1.54) is 0 Å². The lowest BCUT2D eigenvalue weighted by Crippen LogP contribution is -2.47. The van der Waals surface area contributed by atoms with E-state index in [1.807, 2.05) is 14.0 Å². The second kappa shape index (κ2) is 5.22. The fourth-order valence-corrected chi connectivity index (χ4v) is 1.44. The van der Waals surface area contributed by atoms with E-state index in [-0.39, 0.29) is 11.9 Å². The monoisotopic (exact) mass is 186 g/mol. The zero-order valence-electron chi connectivity index (χ0n) is 9.37. The van der Waals surface area contributed by atoms with Crippen LogP contribution in [0.3, 0.4) is 0 Å². The summed E-state index contributed by atoms with van der Waals surface area (Å²) < 4.78 is 0. The predicted octanol–water partition coefficient (Wildman–Crippen LogP) is 1.23. The van der Waals surface area contributed by atoms with Crippen LogP contribution in [0.1, 0.15) is 34.1 Å². The maximum absolute atomic E-state index is 11.1. The topological polar surface area (TPSA) is 46.3 Å². The molecule has 0 aliphatic heterocycles. The summed E-state index contributed by atoms with van der Waals surface area (Å²) in [5.41, 5.74) is 5.31. The highest BCUT2D eigenvalue weighted by molar-refractivity contribution is 5.79. The summed E-state index contributed by atoms with van der Waals surface area (Å²) in [6.45, 7) is 8.40. The molecule has 2 atom stereocenters. The van der Waals surface area contributed by atoms with Gasteiger partial charge in [-0.25, -0.2) is 0 Å². The number of likely N-dealkylation sites (N-methyl/N-ethyl adjacent to an activating group) is 1. The number of nitrogens with two attached hydrogens (primary N) is 1. The van der Waals surface area contributed by atoms with Gasteiger partial charge >= 0.3 is 0 Å². The van der Waals surface area contributed by atoms with E-state index in [1.54, 1.807) is 0 Å². The number of rotatable bonds is 5. The molecule has 0 rings (SSSR count).